The van der Waals surface area contributed by atoms with Crippen LogP contribution in [0.5, 0.6) is 0 Å². The second-order valence-electron chi connectivity index (χ2n) is 5.18. The maximum absolute atomic E-state index is 12.1. The molecule has 4 nitrogen and oxygen atoms in total. The van der Waals surface area contributed by atoms with Crippen molar-refractivity contribution in [3.8, 4) is 0 Å². The van der Waals surface area contributed by atoms with Crippen molar-refractivity contribution in [1.82, 2.24) is 4.90 Å². The molecule has 0 aliphatic carbocycles. The van der Waals surface area contributed by atoms with E-state index in [1.807, 2.05) is 4.90 Å². The first kappa shape index (κ1) is 16.8. The number of alkyl halides is 2. The van der Waals surface area contributed by atoms with Crippen LogP contribution in [-0.4, -0.2) is 43.2 Å². The summed E-state index contributed by atoms with van der Waals surface area (Å²) in [5.74, 6) is -0.903. The van der Waals surface area contributed by atoms with Gasteiger partial charge in [0.25, 0.3) is 5.76 Å². The van der Waals surface area contributed by atoms with E-state index in [9.17, 15) is 17.2 Å². The topological polar surface area (TPSA) is 50.5 Å². The molecule has 0 amide bonds. The van der Waals surface area contributed by atoms with Crippen molar-refractivity contribution >= 4 is 21.6 Å². The monoisotopic (exact) mass is 339 g/mol. The third kappa shape index (κ3) is 4.96. The van der Waals surface area contributed by atoms with Gasteiger partial charge in [0.1, 0.15) is 11.5 Å². The second-order valence-corrected chi connectivity index (χ2v) is 8.70. The zero-order valence-electron chi connectivity index (χ0n) is 11.8. The Morgan fingerprint density at radius 3 is 2.81 bits per heavy atom. The standard InChI is InChI=1S/C13H19F2NO3S2/c1-10-4-5-16(6-7-21(10,17)18)8-11-2-3-12(19-11)9-20-13(14)15/h2-3,10,13H,4-9H2,1H3. The van der Waals surface area contributed by atoms with E-state index in [0.29, 0.717) is 49.3 Å². The molecule has 120 valence electrons. The molecule has 2 heterocycles. The normalized spacial score (nSPS) is 23.3. The summed E-state index contributed by atoms with van der Waals surface area (Å²) >= 11 is 0.527. The van der Waals surface area contributed by atoms with E-state index in [2.05, 4.69) is 0 Å². The van der Waals surface area contributed by atoms with Gasteiger partial charge in [0.2, 0.25) is 0 Å². The Bertz CT molecular complexity index is 560. The van der Waals surface area contributed by atoms with E-state index in [0.717, 1.165) is 0 Å². The molecule has 0 bridgehead atoms. The molecule has 0 spiro atoms. The number of halogens is 2. The molecule has 1 saturated heterocycles. The molecule has 2 rings (SSSR count). The van der Waals surface area contributed by atoms with Crippen molar-refractivity contribution in [2.24, 2.45) is 0 Å². The zero-order valence-corrected chi connectivity index (χ0v) is 13.4. The van der Waals surface area contributed by atoms with Gasteiger partial charge in [-0.1, -0.05) is 11.8 Å². The number of sulfone groups is 1. The van der Waals surface area contributed by atoms with Crippen molar-refractivity contribution in [3.63, 3.8) is 0 Å². The first-order valence-electron chi connectivity index (χ1n) is 6.78. The Balaban J connectivity index is 1.90. The van der Waals surface area contributed by atoms with Crippen LogP contribution in [0.3, 0.4) is 0 Å². The summed E-state index contributed by atoms with van der Waals surface area (Å²) in [5.41, 5.74) is 0. The summed E-state index contributed by atoms with van der Waals surface area (Å²) in [5, 5.41) is -0.308. The molecular formula is C13H19F2NO3S2. The third-order valence-corrected chi connectivity index (χ3v) is 6.52. The lowest BCUT2D eigenvalue weighted by molar-refractivity contribution is 0.250. The van der Waals surface area contributed by atoms with Crippen LogP contribution >= 0.6 is 11.8 Å². The Morgan fingerprint density at radius 2 is 2.10 bits per heavy atom. The highest BCUT2D eigenvalue weighted by Gasteiger charge is 2.26. The van der Waals surface area contributed by atoms with Crippen LogP contribution in [0, 0.1) is 0 Å². The molecule has 1 aromatic rings. The van der Waals surface area contributed by atoms with Crippen molar-refractivity contribution in [3.05, 3.63) is 23.7 Å². The predicted octanol–water partition coefficient (Wildman–Crippen LogP) is 2.74. The van der Waals surface area contributed by atoms with Gasteiger partial charge < -0.3 is 4.42 Å². The van der Waals surface area contributed by atoms with Crippen molar-refractivity contribution in [1.29, 1.82) is 0 Å². The molecule has 1 unspecified atom stereocenters. The number of rotatable bonds is 5. The highest BCUT2D eigenvalue weighted by Crippen LogP contribution is 2.22. The molecular weight excluding hydrogens is 320 g/mol. The molecule has 0 radical (unpaired) electrons. The molecule has 1 aromatic heterocycles. The average molecular weight is 339 g/mol. The lowest BCUT2D eigenvalue weighted by Gasteiger charge is -2.17. The number of hydrogen-bond donors (Lipinski definition) is 0. The summed E-state index contributed by atoms with van der Waals surface area (Å²) < 4.78 is 53.4. The number of thioether (sulfide) groups is 1. The molecule has 0 aromatic carbocycles. The molecule has 1 fully saturated rings. The summed E-state index contributed by atoms with van der Waals surface area (Å²) in [7, 11) is -3.00. The van der Waals surface area contributed by atoms with E-state index in [1.54, 1.807) is 19.1 Å². The Labute approximate surface area is 127 Å². The van der Waals surface area contributed by atoms with E-state index in [1.165, 1.54) is 0 Å². The van der Waals surface area contributed by atoms with Gasteiger partial charge in [-0.15, -0.1) is 0 Å². The molecule has 0 saturated carbocycles. The predicted molar refractivity (Wildman–Crippen MR) is 79.1 cm³/mol. The van der Waals surface area contributed by atoms with Gasteiger partial charge >= 0.3 is 0 Å². The second kappa shape index (κ2) is 7.11. The lowest BCUT2D eigenvalue weighted by atomic mass is 10.3. The summed E-state index contributed by atoms with van der Waals surface area (Å²) in [4.78, 5) is 2.03. The highest BCUT2D eigenvalue weighted by molar-refractivity contribution is 7.98. The van der Waals surface area contributed by atoms with Crippen LogP contribution in [0.15, 0.2) is 16.5 Å². The van der Waals surface area contributed by atoms with Crippen LogP contribution in [-0.2, 0) is 22.1 Å². The number of hydrogen-bond acceptors (Lipinski definition) is 5. The van der Waals surface area contributed by atoms with E-state index < -0.39 is 15.6 Å². The van der Waals surface area contributed by atoms with E-state index in [-0.39, 0.29) is 16.8 Å². The fraction of sp³-hybridized carbons (Fsp3) is 0.692. The largest absolute Gasteiger partial charge is 0.464 e. The summed E-state index contributed by atoms with van der Waals surface area (Å²) in [6.07, 6.45) is 0.608. The smallest absolute Gasteiger partial charge is 0.284 e. The van der Waals surface area contributed by atoms with Gasteiger partial charge in [0.05, 0.1) is 23.3 Å². The zero-order chi connectivity index (χ0) is 15.5. The SMILES string of the molecule is CC1CCN(Cc2ccc(CSC(F)F)o2)CCS1(=O)=O. The van der Waals surface area contributed by atoms with Crippen LogP contribution in [0.4, 0.5) is 8.78 Å². The average Bonchev–Trinajstić information content (AvgIpc) is 2.81. The van der Waals surface area contributed by atoms with Crippen LogP contribution in [0.25, 0.3) is 0 Å². The maximum Gasteiger partial charge on any atom is 0.284 e. The Hall–Kier alpha value is -0.600. The van der Waals surface area contributed by atoms with Crippen molar-refractivity contribution < 1.29 is 21.6 Å². The van der Waals surface area contributed by atoms with Crippen molar-refractivity contribution in [2.75, 3.05) is 18.8 Å². The quantitative estimate of drug-likeness (QED) is 0.826. The number of nitrogens with zero attached hydrogens (tertiary/aromatic N) is 1. The first-order chi connectivity index (χ1) is 9.87. The van der Waals surface area contributed by atoms with Crippen LogP contribution < -0.4 is 0 Å². The van der Waals surface area contributed by atoms with Gasteiger partial charge in [-0.2, -0.15) is 8.78 Å². The fourth-order valence-electron chi connectivity index (χ4n) is 2.22. The first-order valence-corrected chi connectivity index (χ1v) is 9.54. The molecule has 0 N–H and O–H groups in total. The summed E-state index contributed by atoms with van der Waals surface area (Å²) in [6.45, 7) is 3.43. The van der Waals surface area contributed by atoms with Crippen LogP contribution in [0.2, 0.25) is 0 Å². The maximum atomic E-state index is 12.1. The minimum atomic E-state index is -3.00. The minimum absolute atomic E-state index is 0.142. The number of furan rings is 1. The molecule has 21 heavy (non-hydrogen) atoms. The van der Waals surface area contributed by atoms with E-state index >= 15 is 0 Å². The van der Waals surface area contributed by atoms with E-state index in [4.69, 9.17) is 4.42 Å². The third-order valence-electron chi connectivity index (χ3n) is 3.61. The molecule has 1 aliphatic rings. The molecule has 1 aliphatic heterocycles. The van der Waals surface area contributed by atoms with Gasteiger partial charge in [0.15, 0.2) is 9.84 Å². The summed E-state index contributed by atoms with van der Waals surface area (Å²) in [6, 6.07) is 3.46. The fourth-order valence-corrected chi connectivity index (χ4v) is 4.05. The minimum Gasteiger partial charge on any atom is -0.464 e. The molecule has 1 atom stereocenters. The Kier molecular flexibility index (Phi) is 5.67. The van der Waals surface area contributed by atoms with Crippen LogP contribution in [0.1, 0.15) is 24.9 Å². The van der Waals surface area contributed by atoms with Gasteiger partial charge in [-0.25, -0.2) is 8.42 Å². The Morgan fingerprint density at radius 1 is 1.38 bits per heavy atom. The lowest BCUT2D eigenvalue weighted by Crippen LogP contribution is -2.26. The van der Waals surface area contributed by atoms with Gasteiger partial charge in [-0.05, 0) is 32.0 Å². The van der Waals surface area contributed by atoms with Gasteiger partial charge in [0, 0.05) is 6.54 Å². The van der Waals surface area contributed by atoms with Crippen molar-refractivity contribution in [2.45, 2.75) is 36.6 Å². The van der Waals surface area contributed by atoms with Gasteiger partial charge in [-0.3, -0.25) is 4.90 Å². The molecule has 8 heteroatoms. The highest BCUT2D eigenvalue weighted by atomic mass is 32.2.